The van der Waals surface area contributed by atoms with Crippen LogP contribution in [0.15, 0.2) is 48.8 Å². The van der Waals surface area contributed by atoms with E-state index in [9.17, 15) is 22.4 Å². The second-order valence-corrected chi connectivity index (χ2v) is 7.50. The fourth-order valence-electron chi connectivity index (χ4n) is 3.27. The maximum absolute atomic E-state index is 14.7. The summed E-state index contributed by atoms with van der Waals surface area (Å²) in [5.41, 5.74) is 0.545. The van der Waals surface area contributed by atoms with E-state index < -0.39 is 29.3 Å². The van der Waals surface area contributed by atoms with Gasteiger partial charge in [-0.1, -0.05) is 23.7 Å². The Hall–Kier alpha value is -3.66. The first kappa shape index (κ1) is 22.5. The van der Waals surface area contributed by atoms with Crippen LogP contribution in [-0.4, -0.2) is 28.0 Å². The van der Waals surface area contributed by atoms with Crippen molar-refractivity contribution in [1.82, 2.24) is 15.0 Å². The van der Waals surface area contributed by atoms with Crippen molar-refractivity contribution in [3.8, 4) is 17.0 Å². The molecule has 2 N–H and O–H groups in total. The van der Waals surface area contributed by atoms with E-state index in [4.69, 9.17) is 11.6 Å². The summed E-state index contributed by atoms with van der Waals surface area (Å²) in [6, 6.07) is 8.52. The van der Waals surface area contributed by atoms with Gasteiger partial charge in [0, 0.05) is 17.1 Å². The molecule has 0 spiro atoms. The minimum absolute atomic E-state index is 0.0764. The highest BCUT2D eigenvalue weighted by Gasteiger charge is 2.35. The molecule has 0 radical (unpaired) electrons. The van der Waals surface area contributed by atoms with Gasteiger partial charge in [-0.05, 0) is 35.4 Å². The highest BCUT2D eigenvalue weighted by Crippen LogP contribution is 2.36. The summed E-state index contributed by atoms with van der Waals surface area (Å²) in [6.07, 6.45) is -2.51. The number of carbonyl (C=O) groups excluding carboxylic acids is 1. The molecule has 0 fully saturated rings. The molecule has 0 saturated heterocycles. The summed E-state index contributed by atoms with van der Waals surface area (Å²) in [4.78, 5) is 23.0. The first-order chi connectivity index (χ1) is 15.6. The molecule has 4 rings (SSSR count). The van der Waals surface area contributed by atoms with Crippen molar-refractivity contribution in [3.63, 3.8) is 0 Å². The van der Waals surface area contributed by atoms with E-state index in [0.29, 0.717) is 28.0 Å². The number of aromatic amines is 1. The molecule has 33 heavy (non-hydrogen) atoms. The number of fused-ring (bicyclic) bond motifs is 1. The average Bonchev–Trinajstić information content (AvgIpc) is 3.13. The number of nitrogens with one attached hydrogen (secondary N) is 2. The van der Waals surface area contributed by atoms with Gasteiger partial charge in [0.2, 0.25) is 11.8 Å². The van der Waals surface area contributed by atoms with Gasteiger partial charge in [-0.2, -0.15) is 13.2 Å². The van der Waals surface area contributed by atoms with E-state index in [-0.39, 0.29) is 17.7 Å². The Balaban J connectivity index is 1.50. The van der Waals surface area contributed by atoms with E-state index in [0.717, 1.165) is 18.7 Å². The zero-order valence-electron chi connectivity index (χ0n) is 16.9. The van der Waals surface area contributed by atoms with E-state index in [1.165, 1.54) is 12.1 Å². The lowest BCUT2D eigenvalue weighted by Gasteiger charge is -2.13. The Morgan fingerprint density at radius 1 is 1.12 bits per heavy atom. The molecule has 0 aliphatic heterocycles. The van der Waals surface area contributed by atoms with Crippen molar-refractivity contribution >= 4 is 34.2 Å². The summed E-state index contributed by atoms with van der Waals surface area (Å²) in [5, 5.41) is 3.49. The fourth-order valence-corrected chi connectivity index (χ4v) is 3.48. The summed E-state index contributed by atoms with van der Waals surface area (Å²) in [6.45, 7) is 0. The summed E-state index contributed by atoms with van der Waals surface area (Å²) in [7, 11) is 1.06. The smallest absolute Gasteiger partial charge is 0.421 e. The fraction of sp³-hybridized carbons (Fsp3) is 0.136. The maximum Gasteiger partial charge on any atom is 0.421 e. The van der Waals surface area contributed by atoms with Crippen LogP contribution in [0.1, 0.15) is 11.1 Å². The molecule has 0 aliphatic carbocycles. The van der Waals surface area contributed by atoms with Gasteiger partial charge in [0.15, 0.2) is 0 Å². The Kier molecular flexibility index (Phi) is 5.94. The number of alkyl halides is 3. The van der Waals surface area contributed by atoms with Crippen molar-refractivity contribution in [2.75, 3.05) is 12.4 Å². The Morgan fingerprint density at radius 2 is 1.91 bits per heavy atom. The van der Waals surface area contributed by atoms with Crippen LogP contribution in [0.2, 0.25) is 5.15 Å². The number of aromatic nitrogens is 3. The quantitative estimate of drug-likeness (QED) is 0.364. The molecule has 1 amide bonds. The minimum Gasteiger partial charge on any atom is -0.481 e. The van der Waals surface area contributed by atoms with Crippen LogP contribution < -0.4 is 10.1 Å². The highest BCUT2D eigenvalue weighted by molar-refractivity contribution is 6.30. The van der Waals surface area contributed by atoms with Gasteiger partial charge in [0.1, 0.15) is 22.2 Å². The largest absolute Gasteiger partial charge is 0.481 e. The zero-order valence-corrected chi connectivity index (χ0v) is 17.7. The molecule has 0 saturated carbocycles. The molecular formula is C22H15ClF4N4O2. The SMILES string of the molecule is COc1ncc(NC(=O)Cc2ccc(-c3cnc4[nH]c(Cl)cc4c3)cc2F)cc1C(F)(F)F. The number of anilines is 1. The lowest BCUT2D eigenvalue weighted by molar-refractivity contribution is -0.139. The monoisotopic (exact) mass is 478 g/mol. The normalized spacial score (nSPS) is 11.6. The van der Waals surface area contributed by atoms with Crippen molar-refractivity contribution in [1.29, 1.82) is 0 Å². The van der Waals surface area contributed by atoms with E-state index >= 15 is 0 Å². The predicted molar refractivity (Wildman–Crippen MR) is 115 cm³/mol. The van der Waals surface area contributed by atoms with Gasteiger partial charge in [0.25, 0.3) is 0 Å². The number of rotatable bonds is 5. The zero-order chi connectivity index (χ0) is 23.8. The third-order valence-electron chi connectivity index (χ3n) is 4.81. The van der Waals surface area contributed by atoms with Crippen LogP contribution in [0, 0.1) is 5.82 Å². The molecule has 3 heterocycles. The standard InChI is InChI=1S/C22H15ClF4N4O2/c1-33-21-16(22(25,26)27)8-15(10-29-21)30-19(32)7-12-3-2-11(5-17(12)24)14-4-13-6-18(23)31-20(13)28-9-14/h2-6,8-10H,7H2,1H3,(H,28,31)(H,30,32). The predicted octanol–water partition coefficient (Wildman–Crippen LogP) is 5.63. The Bertz CT molecular complexity index is 1350. The number of pyridine rings is 2. The average molecular weight is 479 g/mol. The number of hydrogen-bond donors (Lipinski definition) is 2. The first-order valence-corrected chi connectivity index (χ1v) is 9.86. The van der Waals surface area contributed by atoms with Crippen LogP contribution in [0.25, 0.3) is 22.2 Å². The lowest BCUT2D eigenvalue weighted by atomic mass is 10.0. The van der Waals surface area contributed by atoms with Gasteiger partial charge in [-0.3, -0.25) is 4.79 Å². The van der Waals surface area contributed by atoms with Crippen LogP contribution in [0.5, 0.6) is 5.88 Å². The number of halogens is 5. The molecular weight excluding hydrogens is 464 g/mol. The molecule has 4 aromatic rings. The van der Waals surface area contributed by atoms with Crippen molar-refractivity contribution in [2.45, 2.75) is 12.6 Å². The Morgan fingerprint density at radius 3 is 2.61 bits per heavy atom. The van der Waals surface area contributed by atoms with Gasteiger partial charge in [-0.15, -0.1) is 0 Å². The second-order valence-electron chi connectivity index (χ2n) is 7.09. The van der Waals surface area contributed by atoms with Crippen molar-refractivity contribution < 1.29 is 27.1 Å². The van der Waals surface area contributed by atoms with Crippen molar-refractivity contribution in [3.05, 3.63) is 70.9 Å². The first-order valence-electron chi connectivity index (χ1n) is 9.48. The van der Waals surface area contributed by atoms with E-state index in [1.807, 2.05) is 0 Å². The molecule has 1 aromatic carbocycles. The third-order valence-corrected chi connectivity index (χ3v) is 5.01. The Labute approximate surface area is 189 Å². The van der Waals surface area contributed by atoms with Crippen LogP contribution >= 0.6 is 11.6 Å². The molecule has 0 unspecified atom stereocenters. The number of benzene rings is 1. The summed E-state index contributed by atoms with van der Waals surface area (Å²) >= 11 is 5.92. The number of amides is 1. The number of carbonyl (C=O) groups is 1. The summed E-state index contributed by atoms with van der Waals surface area (Å²) in [5.74, 6) is -1.96. The van der Waals surface area contributed by atoms with Gasteiger partial charge in [-0.25, -0.2) is 14.4 Å². The molecule has 0 aliphatic rings. The molecule has 3 aromatic heterocycles. The molecule has 0 atom stereocenters. The maximum atomic E-state index is 14.7. The number of nitrogens with zero attached hydrogens (tertiary/aromatic N) is 2. The number of ether oxygens (including phenoxy) is 1. The molecule has 11 heteroatoms. The molecule has 170 valence electrons. The molecule has 6 nitrogen and oxygen atoms in total. The topological polar surface area (TPSA) is 79.9 Å². The number of H-pyrrole nitrogens is 1. The van der Waals surface area contributed by atoms with E-state index in [1.54, 1.807) is 24.4 Å². The second kappa shape index (κ2) is 8.70. The van der Waals surface area contributed by atoms with Gasteiger partial charge < -0.3 is 15.0 Å². The number of hydrogen-bond acceptors (Lipinski definition) is 4. The summed E-state index contributed by atoms with van der Waals surface area (Å²) < 4.78 is 58.6. The van der Waals surface area contributed by atoms with Crippen LogP contribution in [0.4, 0.5) is 23.2 Å². The molecule has 0 bridgehead atoms. The van der Waals surface area contributed by atoms with Gasteiger partial charge in [0.05, 0.1) is 25.4 Å². The van der Waals surface area contributed by atoms with Crippen LogP contribution in [0.3, 0.4) is 0 Å². The van der Waals surface area contributed by atoms with Gasteiger partial charge >= 0.3 is 6.18 Å². The highest BCUT2D eigenvalue weighted by atomic mass is 35.5. The minimum atomic E-state index is -4.72. The third kappa shape index (κ3) is 4.90. The van der Waals surface area contributed by atoms with Crippen molar-refractivity contribution in [2.24, 2.45) is 0 Å². The number of methoxy groups -OCH3 is 1. The van der Waals surface area contributed by atoms with Crippen LogP contribution in [-0.2, 0) is 17.4 Å². The van der Waals surface area contributed by atoms with E-state index in [2.05, 4.69) is 25.0 Å². The lowest BCUT2D eigenvalue weighted by Crippen LogP contribution is -2.17.